The molecule has 3 amide bonds. The molecule has 3 heterocycles. The molecule has 1 unspecified atom stereocenters. The fourth-order valence-electron chi connectivity index (χ4n) is 2.66. The van der Waals surface area contributed by atoms with Crippen molar-refractivity contribution in [2.45, 2.75) is 13.0 Å². The number of carbonyl (C=O) groups is 2. The van der Waals surface area contributed by atoms with Crippen molar-refractivity contribution in [1.82, 2.24) is 15.5 Å². The van der Waals surface area contributed by atoms with Crippen LogP contribution < -0.4 is 10.6 Å². The average Bonchev–Trinajstić information content (AvgIpc) is 3.30. The molecule has 0 bridgehead atoms. The Morgan fingerprint density at radius 3 is 2.80 bits per heavy atom. The Morgan fingerprint density at radius 2 is 2.08 bits per heavy atom. The number of aryl methyl sites for hydroxylation is 1. The van der Waals surface area contributed by atoms with Gasteiger partial charge in [0, 0.05) is 19.6 Å². The molecule has 2 aromatic rings. The Bertz CT molecular complexity index is 710. The van der Waals surface area contributed by atoms with Crippen molar-refractivity contribution in [3.8, 4) is 0 Å². The summed E-state index contributed by atoms with van der Waals surface area (Å²) >= 11 is 0. The van der Waals surface area contributed by atoms with Crippen molar-refractivity contribution in [2.75, 3.05) is 32.8 Å². The van der Waals surface area contributed by atoms with Gasteiger partial charge in [-0.1, -0.05) is 0 Å². The minimum Gasteiger partial charge on any atom is -0.464 e. The van der Waals surface area contributed by atoms with E-state index in [0.29, 0.717) is 38.6 Å². The predicted molar refractivity (Wildman–Crippen MR) is 88.2 cm³/mol. The molecule has 2 N–H and O–H groups in total. The molecule has 25 heavy (non-hydrogen) atoms. The van der Waals surface area contributed by atoms with Gasteiger partial charge in [-0.15, -0.1) is 0 Å². The van der Waals surface area contributed by atoms with Gasteiger partial charge in [0.2, 0.25) is 0 Å². The number of morpholine rings is 1. The second-order valence-corrected chi connectivity index (χ2v) is 5.70. The molecule has 0 aromatic carbocycles. The Balaban J connectivity index is 1.48. The second kappa shape index (κ2) is 7.89. The van der Waals surface area contributed by atoms with Crippen molar-refractivity contribution >= 4 is 11.9 Å². The highest BCUT2D eigenvalue weighted by atomic mass is 16.5. The van der Waals surface area contributed by atoms with Crippen LogP contribution in [0.2, 0.25) is 0 Å². The molecule has 1 aliphatic rings. The molecule has 0 aliphatic carbocycles. The molecule has 1 atom stereocenters. The summed E-state index contributed by atoms with van der Waals surface area (Å²) in [5, 5.41) is 5.48. The molecule has 8 heteroatoms. The summed E-state index contributed by atoms with van der Waals surface area (Å²) < 4.78 is 16.1. The molecule has 0 spiro atoms. The first-order chi connectivity index (χ1) is 12.1. The molecule has 0 saturated carbocycles. The quantitative estimate of drug-likeness (QED) is 0.803. The van der Waals surface area contributed by atoms with Gasteiger partial charge in [-0.25, -0.2) is 4.79 Å². The first-order valence-corrected chi connectivity index (χ1v) is 8.15. The van der Waals surface area contributed by atoms with Gasteiger partial charge in [-0.3, -0.25) is 4.79 Å². The molecule has 3 rings (SSSR count). The lowest BCUT2D eigenvalue weighted by Gasteiger charge is -2.34. The van der Waals surface area contributed by atoms with Crippen molar-refractivity contribution in [2.24, 2.45) is 0 Å². The smallest absolute Gasteiger partial charge is 0.318 e. The highest BCUT2D eigenvalue weighted by Gasteiger charge is 2.30. The van der Waals surface area contributed by atoms with Crippen LogP contribution in [0.25, 0.3) is 0 Å². The molecule has 2 aromatic heterocycles. The van der Waals surface area contributed by atoms with Crippen LogP contribution in [0.3, 0.4) is 0 Å². The number of amides is 3. The van der Waals surface area contributed by atoms with E-state index in [2.05, 4.69) is 10.6 Å². The maximum absolute atomic E-state index is 12.4. The second-order valence-electron chi connectivity index (χ2n) is 5.70. The molecule has 1 saturated heterocycles. The van der Waals surface area contributed by atoms with E-state index in [0.717, 1.165) is 5.76 Å². The number of urea groups is 1. The van der Waals surface area contributed by atoms with Gasteiger partial charge >= 0.3 is 6.03 Å². The number of ether oxygens (including phenoxy) is 1. The van der Waals surface area contributed by atoms with Gasteiger partial charge < -0.3 is 29.1 Å². The Kier molecular flexibility index (Phi) is 5.39. The lowest BCUT2D eigenvalue weighted by atomic mass is 10.2. The number of rotatable bonds is 5. The van der Waals surface area contributed by atoms with E-state index >= 15 is 0 Å². The van der Waals surface area contributed by atoms with E-state index in [9.17, 15) is 9.59 Å². The number of nitrogens with zero attached hydrogens (tertiary/aromatic N) is 1. The van der Waals surface area contributed by atoms with Crippen molar-refractivity contribution in [3.05, 3.63) is 47.8 Å². The summed E-state index contributed by atoms with van der Waals surface area (Å²) in [6.07, 6.45) is 1.44. The summed E-state index contributed by atoms with van der Waals surface area (Å²) in [6.45, 7) is 3.84. The van der Waals surface area contributed by atoms with Crippen LogP contribution in [0.15, 0.2) is 39.4 Å². The standard InChI is InChI=1S/C17H21N3O5/c1-12-4-5-14(25-12)13-11-23-10-8-20(13)17(22)19-7-6-18-16(21)15-3-2-9-24-15/h2-5,9,13H,6-8,10-11H2,1H3,(H,18,21)(H,19,22). The topological polar surface area (TPSA) is 97.0 Å². The molecular weight excluding hydrogens is 326 g/mol. The number of hydrogen-bond donors (Lipinski definition) is 2. The summed E-state index contributed by atoms with van der Waals surface area (Å²) in [5.41, 5.74) is 0. The summed E-state index contributed by atoms with van der Waals surface area (Å²) in [6, 6.07) is 6.49. The Morgan fingerprint density at radius 1 is 1.24 bits per heavy atom. The van der Waals surface area contributed by atoms with Crippen molar-refractivity contribution in [3.63, 3.8) is 0 Å². The van der Waals surface area contributed by atoms with Crippen LogP contribution in [0.5, 0.6) is 0 Å². The van der Waals surface area contributed by atoms with Gasteiger partial charge in [0.05, 0.1) is 19.5 Å². The van der Waals surface area contributed by atoms with E-state index in [4.69, 9.17) is 13.6 Å². The summed E-state index contributed by atoms with van der Waals surface area (Å²) in [5.74, 6) is 1.43. The lowest BCUT2D eigenvalue weighted by Crippen LogP contribution is -2.49. The minimum absolute atomic E-state index is 0.213. The van der Waals surface area contributed by atoms with E-state index in [1.807, 2.05) is 19.1 Å². The maximum Gasteiger partial charge on any atom is 0.318 e. The third-order valence-electron chi connectivity index (χ3n) is 3.91. The van der Waals surface area contributed by atoms with E-state index < -0.39 is 0 Å². The monoisotopic (exact) mass is 347 g/mol. The van der Waals surface area contributed by atoms with Crippen molar-refractivity contribution < 1.29 is 23.2 Å². The van der Waals surface area contributed by atoms with Crippen LogP contribution in [0, 0.1) is 6.92 Å². The van der Waals surface area contributed by atoms with Gasteiger partial charge in [0.25, 0.3) is 5.91 Å². The number of nitrogens with one attached hydrogen (secondary N) is 2. The van der Waals surface area contributed by atoms with Crippen LogP contribution in [0.1, 0.15) is 28.1 Å². The van der Waals surface area contributed by atoms with Crippen LogP contribution in [-0.4, -0.2) is 49.7 Å². The largest absolute Gasteiger partial charge is 0.464 e. The molecule has 134 valence electrons. The van der Waals surface area contributed by atoms with Gasteiger partial charge in [0.1, 0.15) is 17.6 Å². The predicted octanol–water partition coefficient (Wildman–Crippen LogP) is 1.69. The normalized spacial score (nSPS) is 17.3. The minimum atomic E-state index is -0.311. The van der Waals surface area contributed by atoms with E-state index in [1.165, 1.54) is 6.26 Å². The van der Waals surface area contributed by atoms with Crippen LogP contribution >= 0.6 is 0 Å². The summed E-state index contributed by atoms with van der Waals surface area (Å²) in [4.78, 5) is 25.9. The van der Waals surface area contributed by atoms with E-state index in [-0.39, 0.29) is 23.7 Å². The maximum atomic E-state index is 12.4. The Labute approximate surface area is 145 Å². The number of furan rings is 2. The zero-order valence-electron chi connectivity index (χ0n) is 14.0. The molecular formula is C17H21N3O5. The van der Waals surface area contributed by atoms with Gasteiger partial charge in [0.15, 0.2) is 5.76 Å². The zero-order chi connectivity index (χ0) is 17.6. The third-order valence-corrected chi connectivity index (χ3v) is 3.91. The Hall–Kier alpha value is -2.74. The number of carbonyl (C=O) groups excluding carboxylic acids is 2. The lowest BCUT2D eigenvalue weighted by molar-refractivity contribution is 0.00413. The van der Waals surface area contributed by atoms with Crippen molar-refractivity contribution in [1.29, 1.82) is 0 Å². The molecule has 8 nitrogen and oxygen atoms in total. The molecule has 0 radical (unpaired) electrons. The SMILES string of the molecule is Cc1ccc(C2COCCN2C(=O)NCCNC(=O)c2ccco2)o1. The first-order valence-electron chi connectivity index (χ1n) is 8.15. The number of hydrogen-bond acceptors (Lipinski definition) is 5. The summed E-state index contributed by atoms with van der Waals surface area (Å²) in [7, 11) is 0. The first kappa shape index (κ1) is 17.1. The van der Waals surface area contributed by atoms with Gasteiger partial charge in [-0.2, -0.15) is 0 Å². The molecule has 1 fully saturated rings. The third kappa shape index (κ3) is 4.21. The molecule has 1 aliphatic heterocycles. The highest BCUT2D eigenvalue weighted by molar-refractivity contribution is 5.91. The fourth-order valence-corrected chi connectivity index (χ4v) is 2.66. The zero-order valence-corrected chi connectivity index (χ0v) is 14.0. The van der Waals surface area contributed by atoms with Crippen LogP contribution in [-0.2, 0) is 4.74 Å². The fraction of sp³-hybridized carbons (Fsp3) is 0.412. The van der Waals surface area contributed by atoms with Gasteiger partial charge in [-0.05, 0) is 31.2 Å². The highest BCUT2D eigenvalue weighted by Crippen LogP contribution is 2.25. The van der Waals surface area contributed by atoms with E-state index in [1.54, 1.807) is 17.0 Å². The average molecular weight is 347 g/mol. The van der Waals surface area contributed by atoms with Crippen LogP contribution in [0.4, 0.5) is 4.79 Å².